The van der Waals surface area contributed by atoms with Crippen molar-refractivity contribution in [2.45, 2.75) is 25.7 Å². The van der Waals surface area contributed by atoms with Crippen molar-refractivity contribution in [1.82, 2.24) is 4.31 Å². The third-order valence-corrected chi connectivity index (χ3v) is 6.25. The van der Waals surface area contributed by atoms with E-state index < -0.39 is 10.0 Å². The maximum Gasteiger partial charge on any atom is 0.243 e. The van der Waals surface area contributed by atoms with E-state index in [0.717, 1.165) is 0 Å². The number of ether oxygens (including phenoxy) is 1. The molecule has 0 aliphatic carbocycles. The molecule has 1 unspecified atom stereocenters. The summed E-state index contributed by atoms with van der Waals surface area (Å²) in [6.07, 6.45) is 0. The Labute approximate surface area is 161 Å². The number of carbonyl (C=O) groups is 1. The SMILES string of the molecule is CC(C)CNc1ccc(S(=O)(=O)N2CCOCC2)cc1NC(=O)C(C)CN. The first-order chi connectivity index (χ1) is 12.8. The highest BCUT2D eigenvalue weighted by Crippen LogP contribution is 2.28. The van der Waals surface area contributed by atoms with Crippen molar-refractivity contribution in [3.63, 3.8) is 0 Å². The molecule has 1 fully saturated rings. The summed E-state index contributed by atoms with van der Waals surface area (Å²) in [5, 5.41) is 6.07. The molecule has 2 rings (SSSR count). The maximum atomic E-state index is 12.9. The molecule has 1 aromatic rings. The van der Waals surface area contributed by atoms with E-state index in [1.54, 1.807) is 19.1 Å². The molecule has 152 valence electrons. The van der Waals surface area contributed by atoms with E-state index in [0.29, 0.717) is 50.1 Å². The summed E-state index contributed by atoms with van der Waals surface area (Å²) >= 11 is 0. The fraction of sp³-hybridized carbons (Fsp3) is 0.611. The molecule has 8 nitrogen and oxygen atoms in total. The minimum atomic E-state index is -3.64. The third kappa shape index (κ3) is 5.65. The molecule has 1 heterocycles. The van der Waals surface area contributed by atoms with Gasteiger partial charge in [0.1, 0.15) is 0 Å². The van der Waals surface area contributed by atoms with E-state index >= 15 is 0 Å². The molecule has 0 spiro atoms. The van der Waals surface area contributed by atoms with E-state index in [2.05, 4.69) is 24.5 Å². The Hall–Kier alpha value is -1.68. The molecule has 0 saturated carbocycles. The van der Waals surface area contributed by atoms with Crippen LogP contribution in [0, 0.1) is 11.8 Å². The van der Waals surface area contributed by atoms with Crippen molar-refractivity contribution in [2.75, 3.05) is 50.0 Å². The fourth-order valence-electron chi connectivity index (χ4n) is 2.55. The summed E-state index contributed by atoms with van der Waals surface area (Å²) in [6, 6.07) is 4.77. The molecule has 1 amide bonds. The molecular weight excluding hydrogens is 368 g/mol. The van der Waals surface area contributed by atoms with Crippen LogP contribution in [0.25, 0.3) is 0 Å². The largest absolute Gasteiger partial charge is 0.383 e. The number of rotatable bonds is 8. The zero-order valence-corrected chi connectivity index (χ0v) is 17.0. The molecule has 1 aliphatic rings. The topological polar surface area (TPSA) is 114 Å². The number of hydrogen-bond donors (Lipinski definition) is 3. The molecule has 4 N–H and O–H groups in total. The Morgan fingerprint density at radius 2 is 1.89 bits per heavy atom. The van der Waals surface area contributed by atoms with Crippen LogP contribution in [-0.4, -0.2) is 58.0 Å². The Bertz CT molecular complexity index is 746. The number of nitrogens with one attached hydrogen (secondary N) is 2. The summed E-state index contributed by atoms with van der Waals surface area (Å²) in [6.45, 7) is 8.18. The van der Waals surface area contributed by atoms with Crippen LogP contribution in [-0.2, 0) is 19.6 Å². The van der Waals surface area contributed by atoms with Crippen LogP contribution in [0.5, 0.6) is 0 Å². The van der Waals surface area contributed by atoms with E-state index in [1.165, 1.54) is 10.4 Å². The van der Waals surface area contributed by atoms with Gasteiger partial charge in [-0.3, -0.25) is 4.79 Å². The van der Waals surface area contributed by atoms with Gasteiger partial charge >= 0.3 is 0 Å². The normalized spacial score (nSPS) is 16.9. The number of morpholine rings is 1. The van der Waals surface area contributed by atoms with Crippen molar-refractivity contribution in [3.8, 4) is 0 Å². The quantitative estimate of drug-likeness (QED) is 0.608. The van der Waals surface area contributed by atoms with E-state index in [1.807, 2.05) is 0 Å². The van der Waals surface area contributed by atoms with Gasteiger partial charge in [-0.05, 0) is 24.1 Å². The Balaban J connectivity index is 2.33. The van der Waals surface area contributed by atoms with Crippen LogP contribution in [0.4, 0.5) is 11.4 Å². The standard InChI is InChI=1S/C18H30N4O4S/c1-13(2)12-20-16-5-4-15(10-17(16)21-18(23)14(3)11-19)27(24,25)22-6-8-26-9-7-22/h4-5,10,13-14,20H,6-9,11-12,19H2,1-3H3,(H,21,23). The number of nitrogens with two attached hydrogens (primary N) is 1. The first-order valence-corrected chi connectivity index (χ1v) is 10.7. The Morgan fingerprint density at radius 3 is 2.48 bits per heavy atom. The lowest BCUT2D eigenvalue weighted by Gasteiger charge is -2.26. The number of benzene rings is 1. The first kappa shape index (κ1) is 21.6. The van der Waals surface area contributed by atoms with Gasteiger partial charge in [-0.1, -0.05) is 20.8 Å². The molecular formula is C18H30N4O4S. The molecule has 0 radical (unpaired) electrons. The summed E-state index contributed by atoms with van der Waals surface area (Å²) in [5.74, 6) is -0.221. The molecule has 0 aromatic heterocycles. The minimum Gasteiger partial charge on any atom is -0.383 e. The summed E-state index contributed by atoms with van der Waals surface area (Å²) < 4.78 is 32.5. The van der Waals surface area contributed by atoms with Crippen molar-refractivity contribution in [3.05, 3.63) is 18.2 Å². The lowest BCUT2D eigenvalue weighted by Crippen LogP contribution is -2.40. The first-order valence-electron chi connectivity index (χ1n) is 9.22. The number of anilines is 2. The number of hydrogen-bond acceptors (Lipinski definition) is 6. The Kier molecular flexibility index (Phi) is 7.60. The maximum absolute atomic E-state index is 12.9. The zero-order chi connectivity index (χ0) is 20.0. The van der Waals surface area contributed by atoms with Crippen molar-refractivity contribution in [2.24, 2.45) is 17.6 Å². The van der Waals surface area contributed by atoms with Gasteiger partial charge in [0.05, 0.1) is 29.5 Å². The van der Waals surface area contributed by atoms with Crippen LogP contribution in [0.2, 0.25) is 0 Å². The van der Waals surface area contributed by atoms with Gasteiger partial charge in [-0.15, -0.1) is 0 Å². The number of sulfonamides is 1. The van der Waals surface area contributed by atoms with Gasteiger partial charge in [0, 0.05) is 32.1 Å². The fourth-order valence-corrected chi connectivity index (χ4v) is 3.99. The highest BCUT2D eigenvalue weighted by molar-refractivity contribution is 7.89. The highest BCUT2D eigenvalue weighted by Gasteiger charge is 2.27. The van der Waals surface area contributed by atoms with Gasteiger partial charge in [-0.2, -0.15) is 4.31 Å². The molecule has 0 bridgehead atoms. The number of nitrogens with zero attached hydrogens (tertiary/aromatic N) is 1. The van der Waals surface area contributed by atoms with Gasteiger partial charge in [0.25, 0.3) is 0 Å². The monoisotopic (exact) mass is 398 g/mol. The second-order valence-electron chi connectivity index (χ2n) is 7.12. The predicted molar refractivity (Wildman–Crippen MR) is 106 cm³/mol. The summed E-state index contributed by atoms with van der Waals surface area (Å²) in [7, 11) is -3.64. The predicted octanol–water partition coefficient (Wildman–Crippen LogP) is 1.31. The van der Waals surface area contributed by atoms with Gasteiger partial charge < -0.3 is 21.1 Å². The minimum absolute atomic E-state index is 0.148. The smallest absolute Gasteiger partial charge is 0.243 e. The number of carbonyl (C=O) groups excluding carboxylic acids is 1. The molecule has 1 saturated heterocycles. The molecule has 1 aromatic carbocycles. The van der Waals surface area contributed by atoms with E-state index in [-0.39, 0.29) is 23.3 Å². The number of amides is 1. The van der Waals surface area contributed by atoms with Crippen LogP contribution in [0.15, 0.2) is 23.1 Å². The average Bonchev–Trinajstić information content (AvgIpc) is 2.66. The van der Waals surface area contributed by atoms with Crippen molar-refractivity contribution in [1.29, 1.82) is 0 Å². The average molecular weight is 399 g/mol. The van der Waals surface area contributed by atoms with E-state index in [9.17, 15) is 13.2 Å². The molecule has 1 aliphatic heterocycles. The van der Waals surface area contributed by atoms with Crippen LogP contribution < -0.4 is 16.4 Å². The second-order valence-corrected chi connectivity index (χ2v) is 9.06. The lowest BCUT2D eigenvalue weighted by atomic mass is 10.1. The van der Waals surface area contributed by atoms with Crippen LogP contribution in [0.1, 0.15) is 20.8 Å². The molecule has 9 heteroatoms. The molecule has 27 heavy (non-hydrogen) atoms. The van der Waals surface area contributed by atoms with Crippen LogP contribution in [0.3, 0.4) is 0 Å². The summed E-state index contributed by atoms with van der Waals surface area (Å²) in [4.78, 5) is 12.4. The zero-order valence-electron chi connectivity index (χ0n) is 16.2. The van der Waals surface area contributed by atoms with Gasteiger partial charge in [0.2, 0.25) is 15.9 Å². The van der Waals surface area contributed by atoms with E-state index in [4.69, 9.17) is 10.5 Å². The second kappa shape index (κ2) is 9.50. The Morgan fingerprint density at radius 1 is 1.22 bits per heavy atom. The van der Waals surface area contributed by atoms with Gasteiger partial charge in [0.15, 0.2) is 0 Å². The lowest BCUT2D eigenvalue weighted by molar-refractivity contribution is -0.119. The van der Waals surface area contributed by atoms with Crippen LogP contribution >= 0.6 is 0 Å². The van der Waals surface area contributed by atoms with Gasteiger partial charge in [-0.25, -0.2) is 8.42 Å². The third-order valence-electron chi connectivity index (χ3n) is 4.36. The summed E-state index contributed by atoms with van der Waals surface area (Å²) in [5.41, 5.74) is 6.69. The van der Waals surface area contributed by atoms with Crippen molar-refractivity contribution >= 4 is 27.3 Å². The highest BCUT2D eigenvalue weighted by atomic mass is 32.2. The molecule has 1 atom stereocenters. The van der Waals surface area contributed by atoms with Crippen molar-refractivity contribution < 1.29 is 17.9 Å².